The molecule has 0 fully saturated rings. The number of ketones is 1. The standard InChI is InChI=1S/C26H22N2O5/c29-22-14-16(23-7-4-12-32-23)13-21-25(22)20(15-24(30)28-21)26(31)27-17-8-10-19(11-9-17)33-18-5-2-1-3-6-18/h1-12,16,20H,13-15H2,(H,27,31)(H,28,30). The number of amides is 2. The van der Waals surface area contributed by atoms with Crippen LogP contribution in [0, 0.1) is 5.92 Å². The summed E-state index contributed by atoms with van der Waals surface area (Å²) in [7, 11) is 0. The fraction of sp³-hybridized carbons (Fsp3) is 0.192. The summed E-state index contributed by atoms with van der Waals surface area (Å²) >= 11 is 0. The second-order valence-electron chi connectivity index (χ2n) is 8.17. The maximum atomic E-state index is 13.1. The first kappa shape index (κ1) is 20.8. The van der Waals surface area contributed by atoms with Crippen molar-refractivity contribution in [1.82, 2.24) is 5.32 Å². The zero-order chi connectivity index (χ0) is 22.8. The van der Waals surface area contributed by atoms with E-state index >= 15 is 0 Å². The minimum absolute atomic E-state index is 0.0585. The first-order valence-corrected chi connectivity index (χ1v) is 10.8. The van der Waals surface area contributed by atoms with Crippen LogP contribution in [-0.2, 0) is 14.4 Å². The minimum atomic E-state index is -0.820. The van der Waals surface area contributed by atoms with Gasteiger partial charge in [0.2, 0.25) is 11.8 Å². The van der Waals surface area contributed by atoms with E-state index in [4.69, 9.17) is 9.15 Å². The number of hydrogen-bond donors (Lipinski definition) is 2. The molecule has 0 bridgehead atoms. The van der Waals surface area contributed by atoms with Crippen LogP contribution in [0.3, 0.4) is 0 Å². The van der Waals surface area contributed by atoms with Crippen molar-refractivity contribution in [3.05, 3.63) is 90.0 Å². The number of anilines is 1. The van der Waals surface area contributed by atoms with Gasteiger partial charge in [-0.25, -0.2) is 0 Å². The summed E-state index contributed by atoms with van der Waals surface area (Å²) in [5, 5.41) is 5.64. The molecule has 7 nitrogen and oxygen atoms in total. The Hall–Kier alpha value is -4.13. The SMILES string of the molecule is O=C1CC(C(=O)Nc2ccc(Oc3ccccc3)cc2)C2=C(CC(c3ccco3)CC2=O)N1. The van der Waals surface area contributed by atoms with Crippen LogP contribution in [0.4, 0.5) is 5.69 Å². The monoisotopic (exact) mass is 442 g/mol. The van der Waals surface area contributed by atoms with Gasteiger partial charge >= 0.3 is 0 Å². The predicted molar refractivity (Wildman–Crippen MR) is 121 cm³/mol. The third-order valence-electron chi connectivity index (χ3n) is 5.90. The first-order chi connectivity index (χ1) is 16.1. The van der Waals surface area contributed by atoms with E-state index in [1.807, 2.05) is 36.4 Å². The Balaban J connectivity index is 1.31. The number of rotatable bonds is 5. The molecule has 2 aliphatic rings. The number of carbonyl (C=O) groups excluding carboxylic acids is 3. The highest BCUT2D eigenvalue weighted by atomic mass is 16.5. The molecule has 2 atom stereocenters. The molecule has 3 aromatic rings. The third kappa shape index (κ3) is 4.43. The summed E-state index contributed by atoms with van der Waals surface area (Å²) in [5.74, 6) is 0.299. The molecule has 1 aliphatic heterocycles. The number of ether oxygens (including phenoxy) is 1. The van der Waals surface area contributed by atoms with Crippen LogP contribution in [-0.4, -0.2) is 17.6 Å². The molecule has 0 saturated heterocycles. The van der Waals surface area contributed by atoms with Crippen molar-refractivity contribution in [3.8, 4) is 11.5 Å². The van der Waals surface area contributed by atoms with E-state index in [1.165, 1.54) is 0 Å². The summed E-state index contributed by atoms with van der Waals surface area (Å²) < 4.78 is 11.2. The number of carbonyl (C=O) groups is 3. The third-order valence-corrected chi connectivity index (χ3v) is 5.90. The summed E-state index contributed by atoms with van der Waals surface area (Å²) in [6.07, 6.45) is 2.21. The van der Waals surface area contributed by atoms with E-state index in [-0.39, 0.29) is 36.4 Å². The van der Waals surface area contributed by atoms with E-state index in [1.54, 1.807) is 36.6 Å². The number of Topliss-reactive ketones (excluding diaryl/α,β-unsaturated/α-hetero) is 1. The van der Waals surface area contributed by atoms with E-state index in [9.17, 15) is 14.4 Å². The van der Waals surface area contributed by atoms with Crippen molar-refractivity contribution in [3.63, 3.8) is 0 Å². The van der Waals surface area contributed by atoms with E-state index < -0.39 is 5.92 Å². The van der Waals surface area contributed by atoms with E-state index in [0.29, 0.717) is 40.6 Å². The van der Waals surface area contributed by atoms with Gasteiger partial charge in [0.05, 0.1) is 12.2 Å². The van der Waals surface area contributed by atoms with Crippen LogP contribution >= 0.6 is 0 Å². The van der Waals surface area contributed by atoms with Gasteiger partial charge in [-0.2, -0.15) is 0 Å². The lowest BCUT2D eigenvalue weighted by atomic mass is 9.76. The highest BCUT2D eigenvalue weighted by Crippen LogP contribution is 2.39. The number of furan rings is 1. The normalized spacial score (nSPS) is 20.1. The molecule has 5 rings (SSSR count). The van der Waals surface area contributed by atoms with Gasteiger partial charge in [0.15, 0.2) is 5.78 Å². The van der Waals surface area contributed by atoms with Gasteiger partial charge in [-0.15, -0.1) is 0 Å². The molecule has 2 N–H and O–H groups in total. The number of allylic oxidation sites excluding steroid dienone is 1. The summed E-state index contributed by atoms with van der Waals surface area (Å²) in [6, 6.07) is 19.9. The van der Waals surface area contributed by atoms with Crippen LogP contribution in [0.25, 0.3) is 0 Å². The zero-order valence-electron chi connectivity index (χ0n) is 17.7. The Bertz CT molecular complexity index is 1210. The van der Waals surface area contributed by atoms with Crippen molar-refractivity contribution in [1.29, 1.82) is 0 Å². The molecule has 33 heavy (non-hydrogen) atoms. The lowest BCUT2D eigenvalue weighted by Crippen LogP contribution is -2.43. The lowest BCUT2D eigenvalue weighted by Gasteiger charge is -2.32. The maximum absolute atomic E-state index is 13.1. The number of nitrogens with one attached hydrogen (secondary N) is 2. The molecule has 7 heteroatoms. The minimum Gasteiger partial charge on any atom is -0.469 e. The van der Waals surface area contributed by atoms with Crippen LogP contribution in [0.5, 0.6) is 11.5 Å². The lowest BCUT2D eigenvalue weighted by molar-refractivity contribution is -0.129. The molecule has 2 aromatic carbocycles. The molecule has 1 aliphatic carbocycles. The first-order valence-electron chi connectivity index (χ1n) is 10.8. The predicted octanol–water partition coefficient (Wildman–Crippen LogP) is 4.55. The molecule has 2 amide bonds. The van der Waals surface area contributed by atoms with Gasteiger partial charge in [0, 0.05) is 35.7 Å². The van der Waals surface area contributed by atoms with Gasteiger partial charge in [0.1, 0.15) is 17.3 Å². The number of benzene rings is 2. The highest BCUT2D eigenvalue weighted by molar-refractivity contribution is 6.09. The topological polar surface area (TPSA) is 97.6 Å². The van der Waals surface area contributed by atoms with Crippen molar-refractivity contribution in [2.45, 2.75) is 25.2 Å². The molecule has 2 unspecified atom stereocenters. The Morgan fingerprint density at radius 2 is 1.67 bits per heavy atom. The second-order valence-corrected chi connectivity index (χ2v) is 8.17. The number of para-hydroxylation sites is 1. The average molecular weight is 442 g/mol. The van der Waals surface area contributed by atoms with Crippen molar-refractivity contribution in [2.75, 3.05) is 5.32 Å². The molecule has 166 valence electrons. The number of hydrogen-bond acceptors (Lipinski definition) is 5. The molecule has 1 aromatic heterocycles. The van der Waals surface area contributed by atoms with Crippen LogP contribution < -0.4 is 15.4 Å². The summed E-state index contributed by atoms with van der Waals surface area (Å²) in [6.45, 7) is 0. The largest absolute Gasteiger partial charge is 0.469 e. The summed E-state index contributed by atoms with van der Waals surface area (Å²) in [5.41, 5.74) is 1.49. The van der Waals surface area contributed by atoms with Gasteiger partial charge in [-0.05, 0) is 55.0 Å². The van der Waals surface area contributed by atoms with Crippen LogP contribution in [0.15, 0.2) is 88.7 Å². The quantitative estimate of drug-likeness (QED) is 0.604. The summed E-state index contributed by atoms with van der Waals surface area (Å²) in [4.78, 5) is 38.4. The fourth-order valence-electron chi connectivity index (χ4n) is 4.37. The Labute approximate surface area is 190 Å². The smallest absolute Gasteiger partial charge is 0.232 e. The second kappa shape index (κ2) is 8.78. The Morgan fingerprint density at radius 1 is 0.909 bits per heavy atom. The molecular formula is C26H22N2O5. The Morgan fingerprint density at radius 3 is 2.39 bits per heavy atom. The van der Waals surface area contributed by atoms with Crippen LogP contribution in [0.1, 0.15) is 30.9 Å². The van der Waals surface area contributed by atoms with Crippen molar-refractivity contribution in [2.24, 2.45) is 5.92 Å². The fourth-order valence-corrected chi connectivity index (χ4v) is 4.37. The molecule has 2 heterocycles. The van der Waals surface area contributed by atoms with E-state index in [2.05, 4.69) is 10.6 Å². The van der Waals surface area contributed by atoms with Gasteiger partial charge in [-0.3, -0.25) is 14.4 Å². The van der Waals surface area contributed by atoms with Gasteiger partial charge < -0.3 is 19.8 Å². The molecule has 0 radical (unpaired) electrons. The molecule has 0 saturated carbocycles. The molecule has 0 spiro atoms. The van der Waals surface area contributed by atoms with Crippen molar-refractivity contribution >= 4 is 23.3 Å². The average Bonchev–Trinajstić information content (AvgIpc) is 3.35. The van der Waals surface area contributed by atoms with Crippen LogP contribution in [0.2, 0.25) is 0 Å². The van der Waals surface area contributed by atoms with Gasteiger partial charge in [0.25, 0.3) is 0 Å². The highest BCUT2D eigenvalue weighted by Gasteiger charge is 2.41. The van der Waals surface area contributed by atoms with Gasteiger partial charge in [-0.1, -0.05) is 18.2 Å². The van der Waals surface area contributed by atoms with Crippen molar-refractivity contribution < 1.29 is 23.5 Å². The molecular weight excluding hydrogens is 420 g/mol. The zero-order valence-corrected chi connectivity index (χ0v) is 17.7. The van der Waals surface area contributed by atoms with E-state index in [0.717, 1.165) is 0 Å². The Kier molecular flexibility index (Phi) is 5.52. The maximum Gasteiger partial charge on any atom is 0.232 e.